The van der Waals surface area contributed by atoms with Gasteiger partial charge in [0.1, 0.15) is 5.82 Å². The fourth-order valence-electron chi connectivity index (χ4n) is 4.01. The molecular weight excluding hydrogens is 455 g/mol. The molecule has 6 nitrogen and oxygen atoms in total. The molecule has 5 rings (SSSR count). The first-order valence-corrected chi connectivity index (χ1v) is 11.1. The SMILES string of the molecule is CC1=C(c2nc(-c3ccccc3)no2)C(c2ccc(F)cc2)NC(=O)N1Cc1cccc(Cl)c1. The molecule has 2 amide bonds. The first-order chi connectivity index (χ1) is 16.5. The summed E-state index contributed by atoms with van der Waals surface area (Å²) in [5.41, 5.74) is 3.68. The summed E-state index contributed by atoms with van der Waals surface area (Å²) in [6.45, 7) is 2.14. The number of hydrogen-bond donors (Lipinski definition) is 1. The van der Waals surface area contributed by atoms with Gasteiger partial charge in [-0.15, -0.1) is 0 Å². The fraction of sp³-hybridized carbons (Fsp3) is 0.115. The minimum Gasteiger partial charge on any atom is -0.334 e. The highest BCUT2D eigenvalue weighted by molar-refractivity contribution is 6.30. The van der Waals surface area contributed by atoms with Crippen molar-refractivity contribution in [3.05, 3.63) is 112 Å². The Kier molecular flexibility index (Phi) is 5.86. The molecule has 170 valence electrons. The number of amides is 2. The Morgan fingerprint density at radius 2 is 1.82 bits per heavy atom. The highest BCUT2D eigenvalue weighted by atomic mass is 35.5. The minimum absolute atomic E-state index is 0.279. The maximum Gasteiger partial charge on any atom is 0.322 e. The molecule has 4 aromatic rings. The fourth-order valence-corrected chi connectivity index (χ4v) is 4.22. The number of aromatic nitrogens is 2. The number of rotatable bonds is 5. The van der Waals surface area contributed by atoms with Crippen molar-refractivity contribution in [2.24, 2.45) is 0 Å². The van der Waals surface area contributed by atoms with E-state index in [0.717, 1.165) is 11.1 Å². The summed E-state index contributed by atoms with van der Waals surface area (Å²) in [6, 6.07) is 21.9. The van der Waals surface area contributed by atoms with Crippen LogP contribution >= 0.6 is 11.6 Å². The number of urea groups is 1. The largest absolute Gasteiger partial charge is 0.334 e. The van der Waals surface area contributed by atoms with Crippen LogP contribution in [0.25, 0.3) is 17.0 Å². The molecule has 3 aromatic carbocycles. The van der Waals surface area contributed by atoms with Gasteiger partial charge in [0.15, 0.2) is 0 Å². The van der Waals surface area contributed by atoms with Crippen LogP contribution in [0.4, 0.5) is 9.18 Å². The van der Waals surface area contributed by atoms with E-state index < -0.39 is 6.04 Å². The molecule has 1 aliphatic heterocycles. The van der Waals surface area contributed by atoms with Gasteiger partial charge in [-0.2, -0.15) is 4.98 Å². The lowest BCUT2D eigenvalue weighted by atomic mass is 9.94. The monoisotopic (exact) mass is 474 g/mol. The first-order valence-electron chi connectivity index (χ1n) is 10.7. The number of benzene rings is 3. The molecular formula is C26H20ClFN4O2. The van der Waals surface area contributed by atoms with E-state index in [2.05, 4.69) is 15.5 Å². The van der Waals surface area contributed by atoms with Gasteiger partial charge < -0.3 is 9.84 Å². The third-order valence-electron chi connectivity index (χ3n) is 5.72. The Hall–Kier alpha value is -3.97. The average Bonchev–Trinajstić information content (AvgIpc) is 3.32. The van der Waals surface area contributed by atoms with Crippen LogP contribution in [-0.4, -0.2) is 21.1 Å². The van der Waals surface area contributed by atoms with Crippen molar-refractivity contribution < 1.29 is 13.7 Å². The molecule has 1 unspecified atom stereocenters. The molecule has 1 aliphatic rings. The molecule has 1 N–H and O–H groups in total. The van der Waals surface area contributed by atoms with Crippen molar-refractivity contribution in [2.75, 3.05) is 0 Å². The summed E-state index contributed by atoms with van der Waals surface area (Å²) in [7, 11) is 0. The molecule has 34 heavy (non-hydrogen) atoms. The van der Waals surface area contributed by atoms with E-state index in [1.807, 2.05) is 55.5 Å². The number of nitrogens with zero attached hydrogens (tertiary/aromatic N) is 3. The highest BCUT2D eigenvalue weighted by Crippen LogP contribution is 2.38. The average molecular weight is 475 g/mol. The van der Waals surface area contributed by atoms with Crippen LogP contribution in [0.1, 0.15) is 30.0 Å². The van der Waals surface area contributed by atoms with Crippen molar-refractivity contribution in [1.29, 1.82) is 0 Å². The van der Waals surface area contributed by atoms with Gasteiger partial charge in [-0.05, 0) is 42.3 Å². The van der Waals surface area contributed by atoms with E-state index in [0.29, 0.717) is 34.2 Å². The number of nitrogens with one attached hydrogen (secondary N) is 1. The van der Waals surface area contributed by atoms with Gasteiger partial charge in [0.25, 0.3) is 5.89 Å². The third kappa shape index (κ3) is 4.30. The van der Waals surface area contributed by atoms with Crippen LogP contribution in [0.5, 0.6) is 0 Å². The number of halogens is 2. The molecule has 0 fully saturated rings. The van der Waals surface area contributed by atoms with E-state index in [1.165, 1.54) is 12.1 Å². The zero-order valence-corrected chi connectivity index (χ0v) is 19.0. The molecule has 0 bridgehead atoms. The predicted octanol–water partition coefficient (Wildman–Crippen LogP) is 6.23. The number of allylic oxidation sites excluding steroid dienone is 1. The van der Waals surface area contributed by atoms with Gasteiger partial charge in [0, 0.05) is 16.3 Å². The summed E-state index contributed by atoms with van der Waals surface area (Å²) >= 11 is 6.14. The van der Waals surface area contributed by atoms with Crippen LogP contribution in [-0.2, 0) is 6.54 Å². The van der Waals surface area contributed by atoms with E-state index in [1.54, 1.807) is 23.1 Å². The lowest BCUT2D eigenvalue weighted by molar-refractivity contribution is 0.203. The molecule has 1 atom stereocenters. The summed E-state index contributed by atoms with van der Waals surface area (Å²) in [5, 5.41) is 7.75. The van der Waals surface area contributed by atoms with Crippen LogP contribution in [0, 0.1) is 5.82 Å². The Morgan fingerprint density at radius 3 is 2.56 bits per heavy atom. The van der Waals surface area contributed by atoms with E-state index in [4.69, 9.17) is 16.1 Å². The molecule has 0 saturated carbocycles. The first kappa shape index (κ1) is 21.9. The molecule has 8 heteroatoms. The zero-order valence-electron chi connectivity index (χ0n) is 18.2. The Labute approximate surface area is 200 Å². The van der Waals surface area contributed by atoms with Crippen LogP contribution < -0.4 is 5.32 Å². The summed E-state index contributed by atoms with van der Waals surface area (Å²) in [5.74, 6) is 0.355. The number of carbonyl (C=O) groups is 1. The second-order valence-electron chi connectivity index (χ2n) is 7.94. The van der Waals surface area contributed by atoms with Crippen LogP contribution in [0.2, 0.25) is 5.02 Å². The summed E-state index contributed by atoms with van der Waals surface area (Å²) < 4.78 is 19.3. The second kappa shape index (κ2) is 9.11. The molecule has 0 aliphatic carbocycles. The third-order valence-corrected chi connectivity index (χ3v) is 5.95. The Balaban J connectivity index is 1.60. The smallest absolute Gasteiger partial charge is 0.322 e. The van der Waals surface area contributed by atoms with Gasteiger partial charge in [-0.3, -0.25) is 4.90 Å². The maximum absolute atomic E-state index is 13.6. The van der Waals surface area contributed by atoms with Crippen molar-refractivity contribution in [3.8, 4) is 11.4 Å². The molecule has 0 spiro atoms. The molecule has 1 aromatic heterocycles. The lowest BCUT2D eigenvalue weighted by Gasteiger charge is -2.35. The normalized spacial score (nSPS) is 16.0. The summed E-state index contributed by atoms with van der Waals surface area (Å²) in [4.78, 5) is 19.4. The van der Waals surface area contributed by atoms with E-state index >= 15 is 0 Å². The predicted molar refractivity (Wildman–Crippen MR) is 127 cm³/mol. The minimum atomic E-state index is -0.590. The standard InChI is InChI=1S/C26H20ClFN4O2/c1-16-22(25-30-24(31-34-25)19-7-3-2-4-8-19)23(18-10-12-21(28)13-11-18)29-26(33)32(16)15-17-6-5-9-20(27)14-17/h2-14,23H,15H2,1H3,(H,29,33). The van der Waals surface area contributed by atoms with Crippen molar-refractivity contribution in [1.82, 2.24) is 20.4 Å². The molecule has 0 radical (unpaired) electrons. The Morgan fingerprint density at radius 1 is 1.06 bits per heavy atom. The quantitative estimate of drug-likeness (QED) is 0.372. The van der Waals surface area contributed by atoms with Crippen LogP contribution in [0.15, 0.2) is 89.1 Å². The van der Waals surface area contributed by atoms with Gasteiger partial charge in [-0.25, -0.2) is 9.18 Å². The van der Waals surface area contributed by atoms with Crippen molar-refractivity contribution >= 4 is 23.2 Å². The number of carbonyl (C=O) groups excluding carboxylic acids is 1. The van der Waals surface area contributed by atoms with E-state index in [-0.39, 0.29) is 17.7 Å². The summed E-state index contributed by atoms with van der Waals surface area (Å²) in [6.07, 6.45) is 0. The van der Waals surface area contributed by atoms with E-state index in [9.17, 15) is 9.18 Å². The second-order valence-corrected chi connectivity index (χ2v) is 8.37. The zero-order chi connectivity index (χ0) is 23.7. The topological polar surface area (TPSA) is 71.3 Å². The van der Waals surface area contributed by atoms with Crippen LogP contribution in [0.3, 0.4) is 0 Å². The van der Waals surface area contributed by atoms with Gasteiger partial charge in [0.05, 0.1) is 18.2 Å². The highest BCUT2D eigenvalue weighted by Gasteiger charge is 2.35. The molecule has 0 saturated heterocycles. The maximum atomic E-state index is 13.6. The van der Waals surface area contributed by atoms with Crippen molar-refractivity contribution in [3.63, 3.8) is 0 Å². The molecule has 2 heterocycles. The lowest BCUT2D eigenvalue weighted by Crippen LogP contribution is -2.45. The van der Waals surface area contributed by atoms with Gasteiger partial charge in [-0.1, -0.05) is 71.4 Å². The number of hydrogen-bond acceptors (Lipinski definition) is 4. The van der Waals surface area contributed by atoms with Gasteiger partial charge >= 0.3 is 6.03 Å². The van der Waals surface area contributed by atoms with Gasteiger partial charge in [0.2, 0.25) is 5.82 Å². The Bertz CT molecular complexity index is 1370. The van der Waals surface area contributed by atoms with Crippen molar-refractivity contribution in [2.45, 2.75) is 19.5 Å².